The van der Waals surface area contributed by atoms with E-state index in [2.05, 4.69) is 11.3 Å². The highest BCUT2D eigenvalue weighted by molar-refractivity contribution is 7.07. The number of hydrogen-bond donors (Lipinski definition) is 1. The molecular formula is C17H13F2N3O3S. The smallest absolute Gasteiger partial charge is 0.387 e. The van der Waals surface area contributed by atoms with Crippen molar-refractivity contribution in [2.24, 2.45) is 5.73 Å². The fraction of sp³-hybridized carbons (Fsp3) is 0.118. The third kappa shape index (κ3) is 4.04. The fourth-order valence-electron chi connectivity index (χ4n) is 2.15. The Labute approximate surface area is 150 Å². The van der Waals surface area contributed by atoms with Crippen LogP contribution in [-0.4, -0.2) is 17.1 Å². The number of nitriles is 1. The first-order valence-electron chi connectivity index (χ1n) is 7.19. The highest BCUT2D eigenvalue weighted by atomic mass is 32.1. The number of aromatic nitrogens is 1. The number of carbonyl (C=O) groups excluding carboxylic acids is 1. The SMILES string of the molecule is C=CCn1c(=C(C#N)C(N)=O)sc(=Cc2ccccc2OC(F)F)c1=O. The van der Waals surface area contributed by atoms with Crippen molar-refractivity contribution in [3.05, 3.63) is 62.0 Å². The number of nitrogens with two attached hydrogens (primary N) is 1. The van der Waals surface area contributed by atoms with E-state index in [4.69, 9.17) is 11.0 Å². The maximum Gasteiger partial charge on any atom is 0.387 e. The molecule has 0 saturated heterocycles. The molecule has 2 rings (SSSR count). The van der Waals surface area contributed by atoms with Crippen LogP contribution in [0.2, 0.25) is 0 Å². The van der Waals surface area contributed by atoms with Gasteiger partial charge in [0.25, 0.3) is 11.5 Å². The van der Waals surface area contributed by atoms with Crippen molar-refractivity contribution in [2.75, 3.05) is 0 Å². The Hall–Kier alpha value is -3.25. The summed E-state index contributed by atoms with van der Waals surface area (Å²) in [5.74, 6) is -1.08. The van der Waals surface area contributed by atoms with Gasteiger partial charge in [0.1, 0.15) is 16.5 Å². The van der Waals surface area contributed by atoms with E-state index < -0.39 is 18.1 Å². The number of nitrogens with zero attached hydrogens (tertiary/aromatic N) is 2. The molecule has 0 aliphatic rings. The van der Waals surface area contributed by atoms with Gasteiger partial charge in [-0.05, 0) is 12.1 Å². The van der Waals surface area contributed by atoms with Crippen molar-refractivity contribution in [1.82, 2.24) is 4.57 Å². The molecule has 0 aliphatic heterocycles. The molecule has 0 radical (unpaired) electrons. The number of allylic oxidation sites excluding steroid dienone is 1. The van der Waals surface area contributed by atoms with Crippen LogP contribution < -0.4 is 25.2 Å². The maximum absolute atomic E-state index is 12.6. The number of halogens is 2. The molecule has 2 aromatic rings. The predicted molar refractivity (Wildman–Crippen MR) is 92.9 cm³/mol. The lowest BCUT2D eigenvalue weighted by atomic mass is 10.2. The number of para-hydroxylation sites is 1. The first-order valence-corrected chi connectivity index (χ1v) is 8.01. The Balaban J connectivity index is 2.80. The van der Waals surface area contributed by atoms with Gasteiger partial charge in [0.2, 0.25) is 0 Å². The van der Waals surface area contributed by atoms with Crippen LogP contribution in [0.1, 0.15) is 5.56 Å². The van der Waals surface area contributed by atoms with Gasteiger partial charge in [0, 0.05) is 12.1 Å². The summed E-state index contributed by atoms with van der Waals surface area (Å²) in [5.41, 5.74) is 4.56. The molecule has 0 unspecified atom stereocenters. The number of ether oxygens (including phenoxy) is 1. The van der Waals surface area contributed by atoms with E-state index in [0.29, 0.717) is 0 Å². The molecule has 1 aromatic heterocycles. The normalized spacial score (nSPS) is 12.6. The minimum absolute atomic E-state index is 0.0478. The van der Waals surface area contributed by atoms with Crippen LogP contribution in [0.4, 0.5) is 8.78 Å². The molecule has 0 saturated carbocycles. The molecule has 6 nitrogen and oxygen atoms in total. The van der Waals surface area contributed by atoms with Gasteiger partial charge < -0.3 is 10.5 Å². The predicted octanol–water partition coefficient (Wildman–Crippen LogP) is 0.686. The number of rotatable bonds is 6. The summed E-state index contributed by atoms with van der Waals surface area (Å²) in [6.07, 6.45) is 2.77. The average Bonchev–Trinajstić information content (AvgIpc) is 2.86. The van der Waals surface area contributed by atoms with E-state index in [9.17, 15) is 18.4 Å². The molecule has 1 amide bonds. The number of hydrogen-bond acceptors (Lipinski definition) is 5. The first kappa shape index (κ1) is 19.1. The van der Waals surface area contributed by atoms with E-state index in [1.165, 1.54) is 34.9 Å². The Morgan fingerprint density at radius 1 is 1.46 bits per heavy atom. The summed E-state index contributed by atoms with van der Waals surface area (Å²) in [4.78, 5) is 24.0. The van der Waals surface area contributed by atoms with Gasteiger partial charge in [0.15, 0.2) is 5.57 Å². The molecule has 2 N–H and O–H groups in total. The van der Waals surface area contributed by atoms with Crippen molar-refractivity contribution in [3.8, 4) is 11.8 Å². The Bertz CT molecular complexity index is 1060. The number of carbonyl (C=O) groups is 1. The summed E-state index contributed by atoms with van der Waals surface area (Å²) in [6.45, 7) is 0.560. The van der Waals surface area contributed by atoms with E-state index in [1.54, 1.807) is 12.1 Å². The summed E-state index contributed by atoms with van der Waals surface area (Å²) < 4.78 is 30.9. The molecule has 134 valence electrons. The minimum Gasteiger partial charge on any atom is -0.434 e. The van der Waals surface area contributed by atoms with E-state index >= 15 is 0 Å². The number of benzene rings is 1. The lowest BCUT2D eigenvalue weighted by Crippen LogP contribution is -2.33. The molecule has 0 spiro atoms. The van der Waals surface area contributed by atoms with Crippen LogP contribution in [0.5, 0.6) is 5.75 Å². The third-order valence-electron chi connectivity index (χ3n) is 3.21. The zero-order valence-corrected chi connectivity index (χ0v) is 14.1. The largest absolute Gasteiger partial charge is 0.434 e. The standard InChI is InChI=1S/C17H13F2N3O3S/c1-2-7-22-15(24)13(26-16(22)11(9-20)14(21)23)8-10-5-3-4-6-12(10)25-17(18)19/h2-6,8,17H,1,7H2,(H2,21,23). The van der Waals surface area contributed by atoms with E-state index in [-0.39, 0.29) is 32.6 Å². The van der Waals surface area contributed by atoms with Gasteiger partial charge in [-0.25, -0.2) is 0 Å². The van der Waals surface area contributed by atoms with Crippen molar-refractivity contribution < 1.29 is 18.3 Å². The number of amides is 1. The fourth-order valence-corrected chi connectivity index (χ4v) is 3.26. The zero-order valence-electron chi connectivity index (χ0n) is 13.3. The van der Waals surface area contributed by atoms with Crippen molar-refractivity contribution >= 4 is 28.9 Å². The first-order chi connectivity index (χ1) is 12.4. The Morgan fingerprint density at radius 3 is 2.73 bits per heavy atom. The summed E-state index contributed by atoms with van der Waals surface area (Å²) in [5, 5.41) is 9.14. The van der Waals surface area contributed by atoms with E-state index in [0.717, 1.165) is 11.3 Å². The number of alkyl halides is 2. The van der Waals surface area contributed by atoms with E-state index in [1.807, 2.05) is 0 Å². The zero-order chi connectivity index (χ0) is 19.3. The second-order valence-electron chi connectivity index (χ2n) is 4.89. The van der Waals surface area contributed by atoms with Gasteiger partial charge in [-0.15, -0.1) is 17.9 Å². The molecule has 0 fully saturated rings. The van der Waals surface area contributed by atoms with Gasteiger partial charge in [-0.1, -0.05) is 24.3 Å². The molecule has 1 heterocycles. The Kier molecular flexibility index (Phi) is 6.03. The molecule has 9 heteroatoms. The highest BCUT2D eigenvalue weighted by Gasteiger charge is 2.13. The van der Waals surface area contributed by atoms with Gasteiger partial charge in [-0.2, -0.15) is 14.0 Å². The van der Waals surface area contributed by atoms with Crippen LogP contribution in [-0.2, 0) is 11.3 Å². The third-order valence-corrected chi connectivity index (χ3v) is 4.34. The quantitative estimate of drug-likeness (QED) is 0.749. The second-order valence-corrected chi connectivity index (χ2v) is 5.92. The average molecular weight is 377 g/mol. The van der Waals surface area contributed by atoms with Crippen molar-refractivity contribution in [3.63, 3.8) is 0 Å². The number of thiazole rings is 1. The topological polar surface area (TPSA) is 98.1 Å². The monoisotopic (exact) mass is 377 g/mol. The second kappa shape index (κ2) is 8.22. The Morgan fingerprint density at radius 2 is 2.15 bits per heavy atom. The van der Waals surface area contributed by atoms with Crippen LogP contribution in [0.15, 0.2) is 41.7 Å². The highest BCUT2D eigenvalue weighted by Crippen LogP contribution is 2.20. The molecule has 1 aromatic carbocycles. The van der Waals surface area contributed by atoms with Crippen molar-refractivity contribution in [1.29, 1.82) is 5.26 Å². The van der Waals surface area contributed by atoms with Crippen LogP contribution in [0, 0.1) is 11.3 Å². The van der Waals surface area contributed by atoms with Gasteiger partial charge >= 0.3 is 6.61 Å². The lowest BCUT2D eigenvalue weighted by molar-refractivity contribution is -0.112. The van der Waals surface area contributed by atoms with Crippen molar-refractivity contribution in [2.45, 2.75) is 13.2 Å². The maximum atomic E-state index is 12.6. The lowest BCUT2D eigenvalue weighted by Gasteiger charge is -2.06. The molecule has 0 aliphatic carbocycles. The van der Waals surface area contributed by atoms with Crippen LogP contribution >= 0.6 is 11.3 Å². The summed E-state index contributed by atoms with van der Waals surface area (Å²) in [6, 6.07) is 7.62. The molecule has 0 bridgehead atoms. The summed E-state index contributed by atoms with van der Waals surface area (Å²) in [7, 11) is 0. The number of primary amides is 1. The molecule has 0 atom stereocenters. The van der Waals surface area contributed by atoms with Crippen LogP contribution in [0.3, 0.4) is 0 Å². The summed E-state index contributed by atoms with van der Waals surface area (Å²) >= 11 is 0.853. The minimum atomic E-state index is -3.02. The van der Waals surface area contributed by atoms with Crippen LogP contribution in [0.25, 0.3) is 11.6 Å². The van der Waals surface area contributed by atoms with Gasteiger partial charge in [0.05, 0.1) is 4.53 Å². The molecular weight excluding hydrogens is 364 g/mol. The van der Waals surface area contributed by atoms with Gasteiger partial charge in [-0.3, -0.25) is 14.2 Å². The molecule has 26 heavy (non-hydrogen) atoms.